The lowest BCUT2D eigenvalue weighted by molar-refractivity contribution is -0.105. The van der Waals surface area contributed by atoms with Crippen molar-refractivity contribution < 1.29 is 0 Å². The Morgan fingerprint density at radius 3 is 0.495 bits per heavy atom. The summed E-state index contributed by atoms with van der Waals surface area (Å²) < 4.78 is 0. The van der Waals surface area contributed by atoms with Gasteiger partial charge in [-0.15, -0.1) is 38.0 Å². The minimum Gasteiger partial charge on any atom is -0.124 e. The number of terminal acetylenes is 3. The van der Waals surface area contributed by atoms with E-state index in [2.05, 4.69) is 196 Å². The van der Waals surface area contributed by atoms with E-state index in [1.165, 1.54) is 146 Å². The number of hydrogen-bond donors (Lipinski definition) is 0. The number of hydrogen-bond acceptors (Lipinski definition) is 0. The Morgan fingerprint density at radius 2 is 0.330 bits per heavy atom. The quantitative estimate of drug-likeness (QED) is 0.0806. The summed E-state index contributed by atoms with van der Waals surface area (Å²) in [6, 6.07) is 56.7. The first-order chi connectivity index (χ1) is 54.1. The molecule has 2 unspecified atom stereocenters. The molecule has 0 N–H and O–H groups in total. The summed E-state index contributed by atoms with van der Waals surface area (Å²) in [5.41, 5.74) is 0. The fraction of sp³-hybridized carbons (Fsp3) is 0.578. The molecule has 9 saturated carbocycles. The highest BCUT2D eigenvalue weighted by molar-refractivity contribution is 6.27. The topological polar surface area (TPSA) is 0 Å². The second kappa shape index (κ2) is 60.2. The highest BCUT2D eigenvalue weighted by Crippen LogP contribution is 2.63. The maximum absolute atomic E-state index is 4.60. The molecule has 18 rings (SSSR count). The average molecular weight is 1480 g/mol. The molecule has 0 nitrogen and oxygen atoms in total. The summed E-state index contributed by atoms with van der Waals surface area (Å²) in [7, 11) is 0. The second-order valence-corrected chi connectivity index (χ2v) is 28.4. The summed E-state index contributed by atoms with van der Waals surface area (Å²) in [4.78, 5) is 0. The van der Waals surface area contributed by atoms with Gasteiger partial charge in [-0.1, -0.05) is 388 Å². The van der Waals surface area contributed by atoms with Crippen LogP contribution in [0.1, 0.15) is 326 Å². The highest BCUT2D eigenvalue weighted by atomic mass is 14.6. The molecule has 9 aromatic rings. The van der Waals surface area contributed by atoms with Crippen molar-refractivity contribution in [2.45, 2.75) is 326 Å². The van der Waals surface area contributed by atoms with Crippen LogP contribution >= 0.6 is 0 Å². The Morgan fingerprint density at radius 1 is 0.202 bits per heavy atom. The van der Waals surface area contributed by atoms with Gasteiger partial charge in [-0.25, -0.2) is 0 Å². The molecule has 0 radical (unpaired) electrons. The molecule has 9 aromatic carbocycles. The van der Waals surface area contributed by atoms with Crippen LogP contribution in [0.5, 0.6) is 0 Å². The van der Waals surface area contributed by atoms with Crippen molar-refractivity contribution >= 4 is 75.4 Å². The summed E-state index contributed by atoms with van der Waals surface area (Å²) in [5, 5.41) is 18.7. The van der Waals surface area contributed by atoms with E-state index in [0.29, 0.717) is 0 Å². The molecule has 8 atom stereocenters. The monoisotopic (exact) mass is 1480 g/mol. The lowest BCUT2D eigenvalue weighted by Crippen LogP contribution is -2.52. The van der Waals surface area contributed by atoms with E-state index in [1.54, 1.807) is 174 Å². The third kappa shape index (κ3) is 25.8. The van der Waals surface area contributed by atoms with E-state index >= 15 is 0 Å². The normalized spacial score (nSPS) is 24.5. The van der Waals surface area contributed by atoms with Gasteiger partial charge in [-0.05, 0) is 254 Å². The van der Waals surface area contributed by atoms with Crippen molar-refractivity contribution in [1.29, 1.82) is 0 Å². The van der Waals surface area contributed by atoms with E-state index < -0.39 is 0 Å². The Labute approximate surface area is 675 Å². The van der Waals surface area contributed by atoms with Crippen molar-refractivity contribution in [2.24, 2.45) is 82.9 Å². The molecule has 0 bridgehead atoms. The predicted molar refractivity (Wildman–Crippen MR) is 503 cm³/mol. The van der Waals surface area contributed by atoms with Crippen LogP contribution < -0.4 is 0 Å². The van der Waals surface area contributed by atoms with Crippen LogP contribution in [-0.2, 0) is 0 Å². The lowest BCUT2D eigenvalue weighted by atomic mass is 9.45. The Kier molecular flexibility index (Phi) is 55.5. The molecule has 0 aromatic heterocycles. The zero-order valence-electron chi connectivity index (χ0n) is 74.9. The molecule has 0 amide bonds. The van der Waals surface area contributed by atoms with Gasteiger partial charge < -0.3 is 0 Å². The molecule has 0 spiro atoms. The van der Waals surface area contributed by atoms with Gasteiger partial charge in [0.25, 0.3) is 0 Å². The third-order valence-corrected chi connectivity index (χ3v) is 24.7. The highest BCUT2D eigenvalue weighted by Gasteiger charge is 2.54. The largest absolute Gasteiger partial charge is 0.124 e. The Bertz CT molecular complexity index is 3370. The summed E-state index contributed by atoms with van der Waals surface area (Å²) >= 11 is 0. The van der Waals surface area contributed by atoms with Gasteiger partial charge >= 0.3 is 0 Å². The van der Waals surface area contributed by atoms with Crippen LogP contribution in [0.25, 0.3) is 75.4 Å². The maximum Gasteiger partial charge on any atom is -0.00297 e. The number of benzene rings is 9. The van der Waals surface area contributed by atoms with Gasteiger partial charge in [0, 0.05) is 0 Å². The zero-order valence-corrected chi connectivity index (χ0v) is 74.9. The molecule has 0 saturated heterocycles. The molecule has 9 fully saturated rings. The van der Waals surface area contributed by atoms with Gasteiger partial charge in [0.2, 0.25) is 0 Å². The van der Waals surface area contributed by atoms with Crippen LogP contribution in [0, 0.1) is 121 Å². The van der Waals surface area contributed by atoms with E-state index in [4.69, 9.17) is 0 Å². The van der Waals surface area contributed by atoms with Crippen molar-refractivity contribution in [3.63, 3.8) is 0 Å². The molecular formula is C109H166. The maximum atomic E-state index is 4.60. The first kappa shape index (κ1) is 100. The molecular weight excluding hydrogens is 1310 g/mol. The van der Waals surface area contributed by atoms with Crippen LogP contribution in [0.3, 0.4) is 0 Å². The third-order valence-electron chi connectivity index (χ3n) is 24.7. The minimum atomic E-state index is 1.15. The van der Waals surface area contributed by atoms with Crippen LogP contribution in [0.4, 0.5) is 0 Å². The molecule has 109 heavy (non-hydrogen) atoms. The molecule has 9 aliphatic rings. The van der Waals surface area contributed by atoms with Crippen molar-refractivity contribution in [1.82, 2.24) is 0 Å². The Balaban J connectivity index is 0.000000654. The van der Waals surface area contributed by atoms with Gasteiger partial charge in [0.1, 0.15) is 0 Å². The van der Waals surface area contributed by atoms with Crippen molar-refractivity contribution in [2.75, 3.05) is 0 Å². The van der Waals surface area contributed by atoms with E-state index in [1.807, 2.05) is 152 Å². The second-order valence-electron chi connectivity index (χ2n) is 28.4. The fourth-order valence-electron chi connectivity index (χ4n) is 21.6. The Hall–Kier alpha value is -6.52. The van der Waals surface area contributed by atoms with Crippen LogP contribution in [-0.4, -0.2) is 0 Å². The predicted octanol–water partition coefficient (Wildman–Crippen LogP) is 35.7. The zero-order chi connectivity index (χ0) is 81.6. The minimum absolute atomic E-state index is 1.15. The van der Waals surface area contributed by atoms with Crippen molar-refractivity contribution in [3.8, 4) is 38.0 Å². The molecule has 0 heterocycles. The van der Waals surface area contributed by atoms with Gasteiger partial charge in [-0.2, -0.15) is 0 Å². The fourth-order valence-corrected chi connectivity index (χ4v) is 21.6. The van der Waals surface area contributed by atoms with Crippen molar-refractivity contribution in [3.05, 3.63) is 158 Å². The van der Waals surface area contributed by atoms with E-state index in [-0.39, 0.29) is 0 Å². The average Bonchev–Trinajstić information content (AvgIpc) is 0.776. The SMILES string of the molecule is C#C.C#C.C#CC.C1CCC2C(C1)C1CCCCC1C1CCCCC21.C1CC[C@H]2C(C1)[C@H]1C[C@H]3CCCC[C@@H]3C[C@@H]1C1CCCC[C@@H]12.CC.CC.CC.CC.CC.CC.CC.CC.CC.CC.CC.c1ccc2c(c1)c1ccccc1c1ccccc21.c1ccc2cc3c4ccccc4c4ccccc4c3cc2c1. The molecule has 9 aliphatic carbocycles. The first-order valence-corrected chi connectivity index (χ1v) is 46.2. The number of fused-ring (bicyclic) bond motifs is 26. The smallest absolute Gasteiger partial charge is 0.00297 e. The first-order valence-electron chi connectivity index (χ1n) is 46.2. The molecule has 0 aliphatic heterocycles. The van der Waals surface area contributed by atoms with E-state index in [9.17, 15) is 0 Å². The van der Waals surface area contributed by atoms with Gasteiger partial charge in [0.15, 0.2) is 0 Å². The summed E-state index contributed by atoms with van der Waals surface area (Å²) in [6.45, 7) is 45.7. The summed E-state index contributed by atoms with van der Waals surface area (Å²) in [5.74, 6) is 18.6. The molecule has 0 heteroatoms. The summed E-state index contributed by atoms with van der Waals surface area (Å²) in [6.07, 6.45) is 61.9. The number of rotatable bonds is 0. The standard InChI is InChI=1S/C22H36.C22H14.C18H30.C18H12.C3H4.11C2H6.2C2H2/c2*1-2-8-16-14-22-20-12-6-4-10-18(20)17-9-3-5-11-19(17)21(22)13-15(16)7-1;2*1-2-8-14-13(7-1)15-9-3-4-11-17(15)18-12-6-5-10-16(14)18;1-3-2;13*1-2/h15-22H,1-14H2;1-14H;13-18H,1-12H2;1-12H;1H,2H3;11*1-2H3;2*1-2H/t15-,16-,17-,18-,19?,20?,21-,22-;;;;;;;;;;;;;;;;;/m1................./s1. The lowest BCUT2D eigenvalue weighted by Gasteiger charge is -2.60. The van der Waals surface area contributed by atoms with E-state index in [0.717, 1.165) is 11.8 Å². The molecule has 602 valence electrons. The van der Waals surface area contributed by atoms with Gasteiger partial charge in [-0.3, -0.25) is 0 Å². The van der Waals surface area contributed by atoms with Crippen LogP contribution in [0.15, 0.2) is 158 Å². The van der Waals surface area contributed by atoms with Gasteiger partial charge in [0.05, 0.1) is 0 Å². The van der Waals surface area contributed by atoms with Crippen LogP contribution in [0.2, 0.25) is 0 Å².